The van der Waals surface area contributed by atoms with Crippen LogP contribution in [0.1, 0.15) is 10.4 Å². The molecule has 6 nitrogen and oxygen atoms in total. The van der Waals surface area contributed by atoms with Gasteiger partial charge < -0.3 is 10.4 Å². The van der Waals surface area contributed by atoms with E-state index >= 15 is 0 Å². The molecule has 0 aliphatic carbocycles. The van der Waals surface area contributed by atoms with Gasteiger partial charge in [-0.1, -0.05) is 0 Å². The van der Waals surface area contributed by atoms with Crippen LogP contribution in [-0.2, 0) is 10.0 Å². The number of carbonyl (C=O) groups is 1. The van der Waals surface area contributed by atoms with Crippen molar-refractivity contribution in [3.05, 3.63) is 23.8 Å². The summed E-state index contributed by atoms with van der Waals surface area (Å²) in [7, 11) is -3.90. The Kier molecular flexibility index (Phi) is 5.00. The zero-order valence-electron chi connectivity index (χ0n) is 9.71. The molecule has 0 aliphatic heterocycles. The third-order valence-electron chi connectivity index (χ3n) is 2.17. The van der Waals surface area contributed by atoms with Crippen LogP contribution in [0.5, 0.6) is 0 Å². The molecule has 0 unspecified atom stereocenters. The van der Waals surface area contributed by atoms with Crippen molar-refractivity contribution in [1.29, 1.82) is 0 Å². The predicted octanol–water partition coefficient (Wildman–Crippen LogP) is 0.807. The number of benzene rings is 1. The van der Waals surface area contributed by atoms with E-state index in [9.17, 15) is 13.2 Å². The third-order valence-corrected chi connectivity index (χ3v) is 3.69. The molecule has 100 valence electrons. The molecule has 0 radical (unpaired) electrons. The lowest BCUT2D eigenvalue weighted by molar-refractivity contribution is 0.0697. The Hall–Kier alpha value is -1.25. The molecule has 0 aromatic heterocycles. The number of anilines is 1. The highest BCUT2D eigenvalue weighted by Crippen LogP contribution is 2.20. The Morgan fingerprint density at radius 3 is 2.67 bits per heavy atom. The number of carboxylic acid groups (broad SMARTS) is 1. The van der Waals surface area contributed by atoms with E-state index in [4.69, 9.17) is 10.2 Å². The van der Waals surface area contributed by atoms with Crippen LogP contribution < -0.4 is 10.5 Å². The maximum atomic E-state index is 11.1. The normalized spacial score (nSPS) is 11.2. The van der Waals surface area contributed by atoms with E-state index in [1.807, 2.05) is 6.26 Å². The minimum Gasteiger partial charge on any atom is -0.478 e. The Labute approximate surface area is 110 Å². The van der Waals surface area contributed by atoms with E-state index < -0.39 is 16.0 Å². The van der Waals surface area contributed by atoms with Gasteiger partial charge in [-0.15, -0.1) is 0 Å². The molecule has 0 fully saturated rings. The first-order valence-corrected chi connectivity index (χ1v) is 7.93. The summed E-state index contributed by atoms with van der Waals surface area (Å²) in [6.07, 6.45) is 1.93. The number of primary sulfonamides is 1. The summed E-state index contributed by atoms with van der Waals surface area (Å²) in [6, 6.07) is 3.74. The largest absolute Gasteiger partial charge is 0.478 e. The molecule has 18 heavy (non-hydrogen) atoms. The molecule has 4 N–H and O–H groups in total. The molecular weight excluding hydrogens is 276 g/mol. The number of hydrogen-bond acceptors (Lipinski definition) is 5. The molecule has 1 aromatic carbocycles. The molecule has 1 aromatic rings. The fraction of sp³-hybridized carbons (Fsp3) is 0.300. The molecular formula is C10H14N2O4S2. The van der Waals surface area contributed by atoms with E-state index in [1.165, 1.54) is 12.1 Å². The van der Waals surface area contributed by atoms with Crippen molar-refractivity contribution in [1.82, 2.24) is 0 Å². The monoisotopic (exact) mass is 290 g/mol. The molecule has 0 saturated carbocycles. The fourth-order valence-corrected chi connectivity index (χ4v) is 2.17. The smallest absolute Gasteiger partial charge is 0.337 e. The van der Waals surface area contributed by atoms with Crippen LogP contribution in [0, 0.1) is 0 Å². The summed E-state index contributed by atoms with van der Waals surface area (Å²) in [5, 5.41) is 16.9. The lowest BCUT2D eigenvalue weighted by Gasteiger charge is -2.10. The van der Waals surface area contributed by atoms with Gasteiger partial charge in [0.15, 0.2) is 0 Å². The lowest BCUT2D eigenvalue weighted by atomic mass is 10.2. The van der Waals surface area contributed by atoms with Gasteiger partial charge in [0.25, 0.3) is 0 Å². The van der Waals surface area contributed by atoms with Gasteiger partial charge in [0, 0.05) is 18.0 Å². The number of sulfonamides is 1. The Morgan fingerprint density at radius 2 is 2.17 bits per heavy atom. The van der Waals surface area contributed by atoms with Crippen LogP contribution in [0.4, 0.5) is 5.69 Å². The number of nitrogens with one attached hydrogen (secondary N) is 1. The number of rotatable bonds is 6. The van der Waals surface area contributed by atoms with E-state index in [1.54, 1.807) is 11.8 Å². The first kappa shape index (κ1) is 14.8. The van der Waals surface area contributed by atoms with Gasteiger partial charge in [-0.3, -0.25) is 0 Å². The zero-order valence-corrected chi connectivity index (χ0v) is 11.3. The summed E-state index contributed by atoms with van der Waals surface area (Å²) < 4.78 is 22.3. The number of hydrogen-bond donors (Lipinski definition) is 3. The maximum Gasteiger partial charge on any atom is 0.337 e. The summed E-state index contributed by atoms with van der Waals surface area (Å²) >= 11 is 1.62. The molecule has 0 saturated heterocycles. The van der Waals surface area contributed by atoms with Crippen LogP contribution >= 0.6 is 11.8 Å². The molecule has 0 amide bonds. The average Bonchev–Trinajstić information content (AvgIpc) is 2.28. The van der Waals surface area contributed by atoms with Crippen molar-refractivity contribution < 1.29 is 18.3 Å². The summed E-state index contributed by atoms with van der Waals surface area (Å²) in [4.78, 5) is 10.8. The third kappa shape index (κ3) is 3.90. The Balaban J connectivity index is 3.09. The van der Waals surface area contributed by atoms with Gasteiger partial charge in [0.2, 0.25) is 10.0 Å². The summed E-state index contributed by atoms with van der Waals surface area (Å²) in [5.74, 6) is -0.386. The first-order chi connectivity index (χ1) is 8.36. The van der Waals surface area contributed by atoms with Crippen LogP contribution in [0.2, 0.25) is 0 Å². The second-order valence-corrected chi connectivity index (χ2v) is 6.02. The van der Waals surface area contributed by atoms with E-state index in [2.05, 4.69) is 5.32 Å². The van der Waals surface area contributed by atoms with Crippen molar-refractivity contribution in [2.75, 3.05) is 23.9 Å². The molecule has 0 spiro atoms. The number of aromatic carboxylic acids is 1. The van der Waals surface area contributed by atoms with Crippen molar-refractivity contribution in [2.24, 2.45) is 5.14 Å². The van der Waals surface area contributed by atoms with E-state index in [0.29, 0.717) is 12.2 Å². The van der Waals surface area contributed by atoms with Crippen LogP contribution in [0.3, 0.4) is 0 Å². The average molecular weight is 290 g/mol. The molecule has 0 atom stereocenters. The van der Waals surface area contributed by atoms with Crippen LogP contribution in [-0.4, -0.2) is 38.0 Å². The lowest BCUT2D eigenvalue weighted by Crippen LogP contribution is -2.15. The van der Waals surface area contributed by atoms with Crippen molar-refractivity contribution in [2.45, 2.75) is 4.90 Å². The summed E-state index contributed by atoms with van der Waals surface area (Å²) in [6.45, 7) is 0.593. The van der Waals surface area contributed by atoms with Gasteiger partial charge in [-0.05, 0) is 24.5 Å². The van der Waals surface area contributed by atoms with Gasteiger partial charge in [0.1, 0.15) is 0 Å². The fourth-order valence-electron chi connectivity index (χ4n) is 1.32. The van der Waals surface area contributed by atoms with Gasteiger partial charge >= 0.3 is 5.97 Å². The quantitative estimate of drug-likeness (QED) is 0.669. The number of nitrogens with two attached hydrogens (primary N) is 1. The zero-order chi connectivity index (χ0) is 13.8. The summed E-state index contributed by atoms with van der Waals surface area (Å²) in [5.41, 5.74) is 0.270. The molecule has 0 bridgehead atoms. The minimum atomic E-state index is -3.90. The second kappa shape index (κ2) is 6.07. The van der Waals surface area contributed by atoms with E-state index in [-0.39, 0.29) is 10.5 Å². The van der Waals surface area contributed by atoms with Crippen LogP contribution in [0.15, 0.2) is 23.1 Å². The standard InChI is InChI=1S/C10H14N2O4S2/c1-17-5-4-12-9-3-2-7(18(11,15)16)6-8(9)10(13)14/h2-3,6,12H,4-5H2,1H3,(H,13,14)(H2,11,15,16). The van der Waals surface area contributed by atoms with Crippen molar-refractivity contribution in [3.8, 4) is 0 Å². The topological polar surface area (TPSA) is 109 Å². The predicted molar refractivity (Wildman–Crippen MR) is 71.6 cm³/mol. The molecule has 1 rings (SSSR count). The highest BCUT2D eigenvalue weighted by atomic mass is 32.2. The molecule has 8 heteroatoms. The maximum absolute atomic E-state index is 11.1. The SMILES string of the molecule is CSCCNc1ccc(S(N)(=O)=O)cc1C(=O)O. The Bertz CT molecular complexity index is 543. The molecule has 0 aliphatic rings. The first-order valence-electron chi connectivity index (χ1n) is 4.99. The second-order valence-electron chi connectivity index (χ2n) is 3.48. The van der Waals surface area contributed by atoms with Gasteiger partial charge in [-0.25, -0.2) is 18.4 Å². The molecule has 0 heterocycles. The van der Waals surface area contributed by atoms with Crippen LogP contribution in [0.25, 0.3) is 0 Å². The van der Waals surface area contributed by atoms with Gasteiger partial charge in [0.05, 0.1) is 10.5 Å². The minimum absolute atomic E-state index is 0.109. The van der Waals surface area contributed by atoms with Crippen molar-refractivity contribution in [3.63, 3.8) is 0 Å². The number of thioether (sulfide) groups is 1. The highest BCUT2D eigenvalue weighted by molar-refractivity contribution is 7.98. The number of carboxylic acids is 1. The van der Waals surface area contributed by atoms with Crippen molar-refractivity contribution >= 4 is 33.4 Å². The Morgan fingerprint density at radius 1 is 1.50 bits per heavy atom. The van der Waals surface area contributed by atoms with Gasteiger partial charge in [-0.2, -0.15) is 11.8 Å². The van der Waals surface area contributed by atoms with E-state index in [0.717, 1.165) is 11.8 Å². The highest BCUT2D eigenvalue weighted by Gasteiger charge is 2.15.